The van der Waals surface area contributed by atoms with Crippen molar-refractivity contribution in [1.29, 1.82) is 0 Å². The van der Waals surface area contributed by atoms with Gasteiger partial charge in [-0.1, -0.05) is 24.3 Å². The maximum absolute atomic E-state index is 13.4. The third kappa shape index (κ3) is 3.05. The smallest absolute Gasteiger partial charge is 0.141 e. The number of hydrogen-bond acceptors (Lipinski definition) is 3. The first-order valence-electron chi connectivity index (χ1n) is 7.38. The van der Waals surface area contributed by atoms with Crippen LogP contribution in [-0.4, -0.2) is 25.1 Å². The van der Waals surface area contributed by atoms with E-state index in [1.807, 2.05) is 7.05 Å². The van der Waals surface area contributed by atoms with Crippen molar-refractivity contribution in [1.82, 2.24) is 10.3 Å². The highest BCUT2D eigenvalue weighted by Gasteiger charge is 2.17. The fraction of sp³-hybridized carbons (Fsp3) is 0.353. The molecule has 1 aromatic heterocycles. The molecule has 2 aromatic rings. The quantitative estimate of drug-likeness (QED) is 0.939. The van der Waals surface area contributed by atoms with Crippen LogP contribution in [0.3, 0.4) is 0 Å². The number of benzene rings is 1. The van der Waals surface area contributed by atoms with Crippen LogP contribution in [0.2, 0.25) is 0 Å². The Bertz CT molecular complexity index is 600. The lowest BCUT2D eigenvalue weighted by Crippen LogP contribution is -2.28. The molecule has 21 heavy (non-hydrogen) atoms. The molecular formula is C17H20FN3. The van der Waals surface area contributed by atoms with Gasteiger partial charge in [-0.3, -0.25) is 0 Å². The van der Waals surface area contributed by atoms with Gasteiger partial charge in [0, 0.05) is 25.2 Å². The van der Waals surface area contributed by atoms with Crippen LogP contribution in [0.5, 0.6) is 0 Å². The molecule has 0 atom stereocenters. The molecule has 4 heteroatoms. The number of fused-ring (bicyclic) bond motifs is 1. The van der Waals surface area contributed by atoms with Gasteiger partial charge in [0.1, 0.15) is 11.6 Å². The van der Waals surface area contributed by atoms with Crippen molar-refractivity contribution in [2.75, 3.05) is 25.0 Å². The molecule has 1 N–H and O–H groups in total. The Balaban J connectivity index is 1.86. The highest BCUT2D eigenvalue weighted by Crippen LogP contribution is 2.23. The van der Waals surface area contributed by atoms with Gasteiger partial charge in [0.2, 0.25) is 0 Å². The maximum atomic E-state index is 13.4. The van der Waals surface area contributed by atoms with Gasteiger partial charge >= 0.3 is 0 Å². The predicted molar refractivity (Wildman–Crippen MR) is 83.0 cm³/mol. The second-order valence-corrected chi connectivity index (χ2v) is 5.42. The fourth-order valence-corrected chi connectivity index (χ4v) is 2.96. The first-order chi connectivity index (χ1) is 10.3. The van der Waals surface area contributed by atoms with Gasteiger partial charge in [-0.15, -0.1) is 0 Å². The van der Waals surface area contributed by atoms with Crippen molar-refractivity contribution in [3.05, 3.63) is 59.0 Å². The van der Waals surface area contributed by atoms with E-state index in [-0.39, 0.29) is 5.82 Å². The largest absolute Gasteiger partial charge is 0.356 e. The molecule has 0 spiro atoms. The number of pyridine rings is 1. The lowest BCUT2D eigenvalue weighted by molar-refractivity contribution is 0.614. The molecule has 110 valence electrons. The maximum Gasteiger partial charge on any atom is 0.141 e. The minimum absolute atomic E-state index is 0.276. The van der Waals surface area contributed by atoms with Crippen LogP contribution in [0.4, 0.5) is 10.2 Å². The van der Waals surface area contributed by atoms with Gasteiger partial charge in [-0.25, -0.2) is 9.37 Å². The minimum Gasteiger partial charge on any atom is -0.356 e. The minimum atomic E-state index is -0.276. The Kier molecular flexibility index (Phi) is 4.15. The molecule has 0 fully saturated rings. The summed E-state index contributed by atoms with van der Waals surface area (Å²) < 4.78 is 13.4. The Morgan fingerprint density at radius 3 is 2.48 bits per heavy atom. The van der Waals surface area contributed by atoms with Crippen LogP contribution in [0.25, 0.3) is 0 Å². The zero-order valence-electron chi connectivity index (χ0n) is 12.3. The van der Waals surface area contributed by atoms with Crippen molar-refractivity contribution in [2.24, 2.45) is 0 Å². The molecule has 0 saturated heterocycles. The molecule has 1 aliphatic heterocycles. The number of nitrogens with zero attached hydrogens (tertiary/aromatic N) is 2. The Morgan fingerprint density at radius 2 is 1.86 bits per heavy atom. The van der Waals surface area contributed by atoms with Gasteiger partial charge in [-0.2, -0.15) is 0 Å². The molecule has 1 aliphatic rings. The summed E-state index contributed by atoms with van der Waals surface area (Å²) in [6.45, 7) is 2.47. The third-order valence-electron chi connectivity index (χ3n) is 4.00. The number of halogens is 1. The van der Waals surface area contributed by atoms with Crippen molar-refractivity contribution in [2.45, 2.75) is 19.4 Å². The van der Waals surface area contributed by atoms with Crippen LogP contribution in [0, 0.1) is 5.82 Å². The second kappa shape index (κ2) is 6.22. The molecule has 0 bridgehead atoms. The average molecular weight is 285 g/mol. The molecule has 0 amide bonds. The average Bonchev–Trinajstić information content (AvgIpc) is 2.71. The summed E-state index contributed by atoms with van der Waals surface area (Å²) in [5, 5.41) is 3.09. The van der Waals surface area contributed by atoms with Crippen LogP contribution in [0.15, 0.2) is 36.5 Å². The van der Waals surface area contributed by atoms with Crippen LogP contribution < -0.4 is 10.2 Å². The molecule has 0 unspecified atom stereocenters. The fourth-order valence-electron chi connectivity index (χ4n) is 2.96. The molecule has 0 aliphatic carbocycles. The normalized spacial score (nSPS) is 14.7. The SMILES string of the molecule is CNCc1cc(F)cnc1N1CCc2ccccc2CC1. The van der Waals surface area contributed by atoms with E-state index in [1.165, 1.54) is 17.3 Å². The zero-order chi connectivity index (χ0) is 14.7. The summed E-state index contributed by atoms with van der Waals surface area (Å²) in [4.78, 5) is 6.61. The van der Waals surface area contributed by atoms with Crippen molar-refractivity contribution in [3.63, 3.8) is 0 Å². The molecular weight excluding hydrogens is 265 g/mol. The van der Waals surface area contributed by atoms with Gasteiger partial charge < -0.3 is 10.2 Å². The van der Waals surface area contributed by atoms with Gasteiger partial charge in [0.05, 0.1) is 6.20 Å². The number of nitrogens with one attached hydrogen (secondary N) is 1. The first-order valence-corrected chi connectivity index (χ1v) is 7.38. The van der Waals surface area contributed by atoms with Crippen molar-refractivity contribution < 1.29 is 4.39 Å². The molecule has 0 radical (unpaired) electrons. The van der Waals surface area contributed by atoms with Crippen LogP contribution in [0.1, 0.15) is 16.7 Å². The summed E-state index contributed by atoms with van der Waals surface area (Å²) in [6.07, 6.45) is 3.33. The van der Waals surface area contributed by atoms with Crippen LogP contribution in [-0.2, 0) is 19.4 Å². The first kappa shape index (κ1) is 14.0. The Labute approximate surface area is 124 Å². The number of hydrogen-bond donors (Lipinski definition) is 1. The summed E-state index contributed by atoms with van der Waals surface area (Å²) in [7, 11) is 1.87. The van der Waals surface area contributed by atoms with Gasteiger partial charge in [0.25, 0.3) is 0 Å². The van der Waals surface area contributed by atoms with Crippen molar-refractivity contribution in [3.8, 4) is 0 Å². The van der Waals surface area contributed by atoms with E-state index in [9.17, 15) is 4.39 Å². The standard InChI is InChI=1S/C17H20FN3/c1-19-11-15-10-16(18)12-20-17(15)21-8-6-13-4-2-3-5-14(13)7-9-21/h2-5,10,12,19H,6-9,11H2,1H3. The topological polar surface area (TPSA) is 28.2 Å². The molecule has 0 saturated carbocycles. The predicted octanol–water partition coefficient (Wildman–Crippen LogP) is 2.55. The second-order valence-electron chi connectivity index (χ2n) is 5.42. The third-order valence-corrected chi connectivity index (χ3v) is 4.00. The molecule has 2 heterocycles. The summed E-state index contributed by atoms with van der Waals surface area (Å²) in [6, 6.07) is 10.2. The van der Waals surface area contributed by atoms with E-state index < -0.39 is 0 Å². The van der Waals surface area contributed by atoms with Gasteiger partial charge in [-0.05, 0) is 37.1 Å². The van der Waals surface area contributed by atoms with E-state index in [1.54, 1.807) is 6.07 Å². The zero-order valence-corrected chi connectivity index (χ0v) is 12.3. The number of aromatic nitrogens is 1. The number of anilines is 1. The lowest BCUT2D eigenvalue weighted by Gasteiger charge is -2.24. The highest BCUT2D eigenvalue weighted by atomic mass is 19.1. The summed E-state index contributed by atoms with van der Waals surface area (Å²) in [5.41, 5.74) is 3.75. The summed E-state index contributed by atoms with van der Waals surface area (Å²) in [5.74, 6) is 0.626. The van der Waals surface area contributed by atoms with E-state index in [2.05, 4.69) is 39.5 Å². The number of rotatable bonds is 3. The highest BCUT2D eigenvalue weighted by molar-refractivity contribution is 5.48. The lowest BCUT2D eigenvalue weighted by atomic mass is 10.0. The Morgan fingerprint density at radius 1 is 1.19 bits per heavy atom. The van der Waals surface area contributed by atoms with E-state index in [0.717, 1.165) is 37.3 Å². The van der Waals surface area contributed by atoms with Crippen molar-refractivity contribution >= 4 is 5.82 Å². The Hall–Kier alpha value is -1.94. The van der Waals surface area contributed by atoms with E-state index >= 15 is 0 Å². The molecule has 3 rings (SSSR count). The van der Waals surface area contributed by atoms with Crippen LogP contribution >= 0.6 is 0 Å². The van der Waals surface area contributed by atoms with Gasteiger partial charge in [0.15, 0.2) is 0 Å². The van der Waals surface area contributed by atoms with E-state index in [0.29, 0.717) is 6.54 Å². The molecule has 1 aromatic carbocycles. The van der Waals surface area contributed by atoms with E-state index in [4.69, 9.17) is 0 Å². The molecule has 3 nitrogen and oxygen atoms in total. The summed E-state index contributed by atoms with van der Waals surface area (Å²) >= 11 is 0. The monoisotopic (exact) mass is 285 g/mol.